The molecular formula is C59H99NO7. The molecule has 8 nitrogen and oxygen atoms in total. The van der Waals surface area contributed by atoms with E-state index < -0.39 is 18.1 Å². The second kappa shape index (κ2) is 48.7. The first kappa shape index (κ1) is 63.2. The molecule has 0 spiro atoms. The fourth-order valence-electron chi connectivity index (χ4n) is 7.36. The predicted molar refractivity (Wildman–Crippen MR) is 281 cm³/mol. The van der Waals surface area contributed by atoms with Crippen LogP contribution in [0.5, 0.6) is 0 Å². The highest BCUT2D eigenvalue weighted by Gasteiger charge is 2.25. The number of aliphatic carboxylic acids is 1. The van der Waals surface area contributed by atoms with Crippen molar-refractivity contribution in [1.82, 2.24) is 0 Å². The van der Waals surface area contributed by atoms with Crippen molar-refractivity contribution in [1.29, 1.82) is 0 Å². The molecule has 0 saturated heterocycles. The number of hydrogen-bond acceptors (Lipinski definition) is 7. The normalized spacial score (nSPS) is 13.6. The Morgan fingerprint density at radius 1 is 0.478 bits per heavy atom. The minimum absolute atomic E-state index is 0.0256. The Hall–Kier alpha value is -3.75. The molecule has 0 fully saturated rings. The van der Waals surface area contributed by atoms with E-state index in [1.807, 2.05) is 0 Å². The summed E-state index contributed by atoms with van der Waals surface area (Å²) in [6.45, 7) is 4.50. The van der Waals surface area contributed by atoms with Gasteiger partial charge in [0.1, 0.15) is 12.6 Å². The fourth-order valence-corrected chi connectivity index (χ4v) is 7.36. The summed E-state index contributed by atoms with van der Waals surface area (Å²) in [5, 5.41) is 11.7. The molecule has 0 rings (SSSR count). The molecule has 0 aromatic heterocycles. The van der Waals surface area contributed by atoms with E-state index in [4.69, 9.17) is 14.2 Å². The highest BCUT2D eigenvalue weighted by Crippen LogP contribution is 2.14. The number of carbonyl (C=O) groups excluding carboxylic acids is 3. The third-order valence-corrected chi connectivity index (χ3v) is 11.5. The molecule has 2 unspecified atom stereocenters. The number of ether oxygens (including phenoxy) is 3. The monoisotopic (exact) mass is 934 g/mol. The zero-order valence-corrected chi connectivity index (χ0v) is 43.5. The van der Waals surface area contributed by atoms with Crippen LogP contribution in [-0.4, -0.2) is 75.5 Å². The Balaban J connectivity index is 4.31. The van der Waals surface area contributed by atoms with Crippen LogP contribution in [0.1, 0.15) is 206 Å². The predicted octanol–water partition coefficient (Wildman–Crippen LogP) is 14.5. The number of unbranched alkanes of at least 4 members (excludes halogenated alkanes) is 18. The lowest BCUT2D eigenvalue weighted by Crippen LogP contribution is -2.55. The van der Waals surface area contributed by atoms with Crippen LogP contribution in [0.15, 0.2) is 97.2 Å². The summed E-state index contributed by atoms with van der Waals surface area (Å²) < 4.78 is 17.2. The first-order chi connectivity index (χ1) is 32.6. The van der Waals surface area contributed by atoms with Gasteiger partial charge in [-0.3, -0.25) is 9.59 Å². The van der Waals surface area contributed by atoms with Gasteiger partial charge in [0.15, 0.2) is 6.10 Å². The van der Waals surface area contributed by atoms with Gasteiger partial charge in [0, 0.05) is 19.3 Å². The molecule has 2 atom stereocenters. The maximum absolute atomic E-state index is 12.8. The number of rotatable bonds is 47. The van der Waals surface area contributed by atoms with Crippen molar-refractivity contribution in [2.24, 2.45) is 0 Å². The summed E-state index contributed by atoms with van der Waals surface area (Å²) >= 11 is 0. The van der Waals surface area contributed by atoms with Gasteiger partial charge in [-0.25, -0.2) is 0 Å². The smallest absolute Gasteiger partial charge is 0.306 e. The van der Waals surface area contributed by atoms with E-state index in [-0.39, 0.29) is 42.7 Å². The molecule has 0 aliphatic carbocycles. The van der Waals surface area contributed by atoms with Gasteiger partial charge in [-0.1, -0.05) is 195 Å². The van der Waals surface area contributed by atoms with E-state index in [1.165, 1.54) is 77.0 Å². The lowest BCUT2D eigenvalue weighted by molar-refractivity contribution is -0.889. The van der Waals surface area contributed by atoms with E-state index in [9.17, 15) is 19.5 Å². The minimum atomic E-state index is -1.13. The number of allylic oxidation sites excluding steroid dienone is 16. The lowest BCUT2D eigenvalue weighted by Gasteiger charge is -2.34. The van der Waals surface area contributed by atoms with Crippen molar-refractivity contribution in [2.45, 2.75) is 219 Å². The van der Waals surface area contributed by atoms with Crippen LogP contribution in [0.25, 0.3) is 0 Å². The van der Waals surface area contributed by atoms with Gasteiger partial charge in [-0.15, -0.1) is 0 Å². The van der Waals surface area contributed by atoms with Gasteiger partial charge in [0.2, 0.25) is 0 Å². The highest BCUT2D eigenvalue weighted by atomic mass is 16.6. The third-order valence-electron chi connectivity index (χ3n) is 11.5. The van der Waals surface area contributed by atoms with E-state index in [1.54, 1.807) is 21.1 Å². The summed E-state index contributed by atoms with van der Waals surface area (Å²) in [6.07, 6.45) is 65.8. The summed E-state index contributed by atoms with van der Waals surface area (Å²) in [6, 6.07) is -0.737. The Labute approximate surface area is 411 Å². The van der Waals surface area contributed by atoms with Gasteiger partial charge in [-0.2, -0.15) is 0 Å². The number of carbonyl (C=O) groups is 3. The van der Waals surface area contributed by atoms with Crippen LogP contribution in [0, 0.1) is 0 Å². The van der Waals surface area contributed by atoms with Crippen LogP contribution in [-0.2, 0) is 28.6 Å². The Kier molecular flexibility index (Phi) is 46.0. The molecule has 382 valence electrons. The molecule has 0 aromatic carbocycles. The highest BCUT2D eigenvalue weighted by molar-refractivity contribution is 5.70. The first-order valence-electron chi connectivity index (χ1n) is 26.8. The maximum Gasteiger partial charge on any atom is 0.306 e. The zero-order chi connectivity index (χ0) is 49.2. The van der Waals surface area contributed by atoms with Crippen molar-refractivity contribution in [3.63, 3.8) is 0 Å². The Morgan fingerprint density at radius 2 is 0.881 bits per heavy atom. The standard InChI is InChI=1S/C59H99NO7/c1-6-8-10-12-14-16-18-20-22-24-26-28-29-30-32-33-35-37-39-41-43-45-47-49-57(61)66-54-55(53-65-52-51-56(59(63)64)60(3,4)5)67-58(62)50-48-46-44-42-40-38-36-34-31-27-25-23-21-19-17-15-13-11-9-7-2/h8,10,14,16-17,19-23,26,28,30,32,35,37,55-56H,6-7,9,11-13,15,18,24-25,27,29,31,33-34,36,38-54H2,1-5H3/b10-8+,16-14+,19-17+,22-20+,23-21+,28-26+,32-30+,37-35+. The zero-order valence-electron chi connectivity index (χ0n) is 43.5. The molecule has 8 heteroatoms. The molecule has 0 amide bonds. The van der Waals surface area contributed by atoms with Gasteiger partial charge in [0.25, 0.3) is 0 Å². The minimum Gasteiger partial charge on any atom is -0.544 e. The van der Waals surface area contributed by atoms with Crippen LogP contribution < -0.4 is 5.11 Å². The molecular weight excluding hydrogens is 835 g/mol. The van der Waals surface area contributed by atoms with Crippen molar-refractivity contribution in [2.75, 3.05) is 41.0 Å². The second-order valence-electron chi connectivity index (χ2n) is 18.8. The van der Waals surface area contributed by atoms with Gasteiger partial charge >= 0.3 is 11.9 Å². The summed E-state index contributed by atoms with van der Waals surface area (Å²) in [5.41, 5.74) is 0. The number of nitrogens with zero attached hydrogens (tertiary/aromatic N) is 1. The Morgan fingerprint density at radius 3 is 1.33 bits per heavy atom. The van der Waals surface area contributed by atoms with Gasteiger partial charge in [-0.05, 0) is 89.9 Å². The Bertz CT molecular complexity index is 1410. The van der Waals surface area contributed by atoms with E-state index in [0.717, 1.165) is 96.3 Å². The number of quaternary nitrogens is 1. The number of esters is 2. The summed E-state index contributed by atoms with van der Waals surface area (Å²) in [4.78, 5) is 37.1. The van der Waals surface area contributed by atoms with Crippen molar-refractivity contribution >= 4 is 17.9 Å². The first-order valence-corrected chi connectivity index (χ1v) is 26.8. The van der Waals surface area contributed by atoms with Crippen LogP contribution in [0.4, 0.5) is 0 Å². The van der Waals surface area contributed by atoms with Crippen molar-refractivity contribution in [3.8, 4) is 0 Å². The van der Waals surface area contributed by atoms with Crippen molar-refractivity contribution in [3.05, 3.63) is 97.2 Å². The molecule has 0 heterocycles. The van der Waals surface area contributed by atoms with E-state index in [0.29, 0.717) is 12.8 Å². The summed E-state index contributed by atoms with van der Waals surface area (Å²) in [5.74, 6) is -1.78. The maximum atomic E-state index is 12.8. The van der Waals surface area contributed by atoms with Crippen LogP contribution in [0.3, 0.4) is 0 Å². The van der Waals surface area contributed by atoms with Gasteiger partial charge in [0.05, 0.1) is 40.3 Å². The molecule has 0 aliphatic heterocycles. The SMILES string of the molecule is CC/C=C/C/C=C/C/C=C/C/C=C/C/C=C/C/C=C/CCCCCCC(=O)OCC(COCCC(C(=O)[O-])[N+](C)(C)C)OC(=O)CCCCCCCCCCCC/C=C/C=C/CCCCCC. The van der Waals surface area contributed by atoms with Crippen LogP contribution >= 0.6 is 0 Å². The van der Waals surface area contributed by atoms with E-state index in [2.05, 4.69) is 111 Å². The topological polar surface area (TPSA) is 102 Å². The molecule has 0 radical (unpaired) electrons. The number of hydrogen-bond donors (Lipinski definition) is 0. The number of likely N-dealkylation sites (N-methyl/N-ethyl adjacent to an activating group) is 1. The van der Waals surface area contributed by atoms with Gasteiger partial charge < -0.3 is 28.6 Å². The second-order valence-corrected chi connectivity index (χ2v) is 18.8. The quantitative estimate of drug-likeness (QED) is 0.0197. The molecule has 67 heavy (non-hydrogen) atoms. The number of carboxylic acids is 1. The molecule has 0 N–H and O–H groups in total. The average Bonchev–Trinajstić information content (AvgIpc) is 3.29. The largest absolute Gasteiger partial charge is 0.544 e. The third kappa shape index (κ3) is 47.1. The van der Waals surface area contributed by atoms with Crippen LogP contribution in [0.2, 0.25) is 0 Å². The fraction of sp³-hybridized carbons (Fsp3) is 0.678. The average molecular weight is 934 g/mol. The lowest BCUT2D eigenvalue weighted by atomic mass is 10.1. The molecule has 0 aliphatic rings. The van der Waals surface area contributed by atoms with E-state index >= 15 is 0 Å². The molecule has 0 aromatic rings. The number of carboxylic acid groups (broad SMARTS) is 1. The van der Waals surface area contributed by atoms with Crippen molar-refractivity contribution < 1.29 is 38.2 Å². The molecule has 0 saturated carbocycles. The summed E-state index contributed by atoms with van der Waals surface area (Å²) in [7, 11) is 5.40. The molecule has 0 bridgehead atoms.